The fourth-order valence-electron chi connectivity index (χ4n) is 2.45. The van der Waals surface area contributed by atoms with Crippen LogP contribution in [0.25, 0.3) is 16.6 Å². The van der Waals surface area contributed by atoms with Gasteiger partial charge in [0.1, 0.15) is 0 Å². The first-order valence-corrected chi connectivity index (χ1v) is 6.37. The normalized spacial score (nSPS) is 10.7. The van der Waals surface area contributed by atoms with E-state index in [4.69, 9.17) is 0 Å². The second-order valence-electron chi connectivity index (χ2n) is 4.43. The number of hydrogen-bond donors (Lipinski definition) is 0. The van der Waals surface area contributed by atoms with Gasteiger partial charge in [-0.3, -0.25) is 0 Å². The largest absolute Gasteiger partial charge is 0.218 e. The minimum absolute atomic E-state index is 1.05. The van der Waals surface area contributed by atoms with Crippen LogP contribution in [0.1, 0.15) is 12.5 Å². The minimum Gasteiger partial charge on any atom is -0.167 e. The van der Waals surface area contributed by atoms with Crippen molar-refractivity contribution >= 4 is 5.52 Å². The highest BCUT2D eigenvalue weighted by Gasteiger charge is 2.13. The van der Waals surface area contributed by atoms with Gasteiger partial charge in [-0.05, 0) is 23.6 Å². The molecule has 0 aliphatic rings. The smallest absolute Gasteiger partial charge is 0.167 e. The summed E-state index contributed by atoms with van der Waals surface area (Å²) in [5.41, 5.74) is 5.30. The third kappa shape index (κ3) is 1.78. The maximum atomic E-state index is 2.22. The van der Waals surface area contributed by atoms with Gasteiger partial charge in [-0.25, -0.2) is 0 Å². The first-order valence-electron chi connectivity index (χ1n) is 6.37. The number of pyridine rings is 2. The van der Waals surface area contributed by atoms with Crippen LogP contribution in [-0.4, -0.2) is 0 Å². The number of benzene rings is 1. The summed E-state index contributed by atoms with van der Waals surface area (Å²) in [5, 5.41) is 0. The molecule has 0 saturated heterocycles. The number of aromatic nitrogens is 1. The van der Waals surface area contributed by atoms with Gasteiger partial charge >= 0.3 is 0 Å². The summed E-state index contributed by atoms with van der Waals surface area (Å²) in [7, 11) is 0. The Morgan fingerprint density at radius 1 is 0.833 bits per heavy atom. The monoisotopic (exact) mass is 234 g/mol. The summed E-state index contributed by atoms with van der Waals surface area (Å²) in [5.74, 6) is 0. The molecule has 3 aromatic rings. The highest BCUT2D eigenvalue weighted by atomic mass is 14.8. The summed E-state index contributed by atoms with van der Waals surface area (Å²) < 4.78 is 2.18. The summed E-state index contributed by atoms with van der Waals surface area (Å²) in [6, 6.07) is 19.2. The molecule has 3 rings (SSSR count). The van der Waals surface area contributed by atoms with Gasteiger partial charge in [-0.2, -0.15) is 4.40 Å². The predicted octanol–water partition coefficient (Wildman–Crippen LogP) is 3.65. The number of aryl methyl sites for hydroxylation is 1. The molecule has 0 aliphatic carbocycles. The van der Waals surface area contributed by atoms with Crippen molar-refractivity contribution in [2.24, 2.45) is 0 Å². The molecule has 0 atom stereocenters. The molecule has 1 nitrogen and oxygen atoms in total. The molecular formula is C17H16N+. The highest BCUT2D eigenvalue weighted by Crippen LogP contribution is 2.26. The van der Waals surface area contributed by atoms with Crippen LogP contribution in [0.2, 0.25) is 0 Å². The first kappa shape index (κ1) is 11.0. The van der Waals surface area contributed by atoms with Crippen molar-refractivity contribution in [3.63, 3.8) is 0 Å². The molecule has 0 N–H and O–H groups in total. The zero-order valence-corrected chi connectivity index (χ0v) is 10.5. The van der Waals surface area contributed by atoms with E-state index in [0.717, 1.165) is 6.42 Å². The average Bonchev–Trinajstić information content (AvgIpc) is 2.47. The first-order chi connectivity index (χ1) is 8.90. The Labute approximate surface area is 107 Å². The van der Waals surface area contributed by atoms with E-state index in [1.807, 2.05) is 0 Å². The molecular weight excluding hydrogens is 218 g/mol. The van der Waals surface area contributed by atoms with Crippen molar-refractivity contribution in [3.8, 4) is 11.1 Å². The topological polar surface area (TPSA) is 4.10 Å². The van der Waals surface area contributed by atoms with Gasteiger partial charge in [0, 0.05) is 18.2 Å². The highest BCUT2D eigenvalue weighted by molar-refractivity contribution is 5.80. The Balaban J connectivity index is 2.38. The summed E-state index contributed by atoms with van der Waals surface area (Å²) in [6.07, 6.45) is 5.29. The van der Waals surface area contributed by atoms with Crippen molar-refractivity contribution in [3.05, 3.63) is 72.6 Å². The fourth-order valence-corrected chi connectivity index (χ4v) is 2.45. The Kier molecular flexibility index (Phi) is 2.81. The van der Waals surface area contributed by atoms with E-state index in [1.54, 1.807) is 0 Å². The molecule has 2 aromatic heterocycles. The second kappa shape index (κ2) is 4.61. The molecule has 2 heterocycles. The molecule has 0 unspecified atom stereocenters. The summed E-state index contributed by atoms with van der Waals surface area (Å²) in [6.45, 7) is 2.21. The van der Waals surface area contributed by atoms with Crippen molar-refractivity contribution < 1.29 is 4.40 Å². The number of rotatable bonds is 2. The van der Waals surface area contributed by atoms with Gasteiger partial charge < -0.3 is 0 Å². The van der Waals surface area contributed by atoms with Gasteiger partial charge in [0.05, 0.1) is 5.56 Å². The zero-order chi connectivity index (χ0) is 12.4. The van der Waals surface area contributed by atoms with E-state index < -0.39 is 0 Å². The maximum absolute atomic E-state index is 2.22. The molecule has 0 radical (unpaired) electrons. The third-order valence-corrected chi connectivity index (χ3v) is 3.35. The molecule has 1 heteroatoms. The number of fused-ring (bicyclic) bond motifs is 1. The van der Waals surface area contributed by atoms with Crippen LogP contribution in [0.5, 0.6) is 0 Å². The van der Waals surface area contributed by atoms with E-state index in [-0.39, 0.29) is 0 Å². The Hall–Kier alpha value is -2.15. The van der Waals surface area contributed by atoms with E-state index in [2.05, 4.69) is 78.3 Å². The molecule has 0 aliphatic heterocycles. The summed E-state index contributed by atoms with van der Waals surface area (Å²) in [4.78, 5) is 0. The van der Waals surface area contributed by atoms with Gasteiger partial charge in [-0.1, -0.05) is 37.3 Å². The van der Waals surface area contributed by atoms with Gasteiger partial charge in [0.15, 0.2) is 12.4 Å². The molecule has 0 amide bonds. The van der Waals surface area contributed by atoms with Crippen molar-refractivity contribution in [1.82, 2.24) is 0 Å². The molecule has 1 aromatic carbocycles. The Morgan fingerprint density at radius 3 is 2.39 bits per heavy atom. The minimum atomic E-state index is 1.05. The summed E-state index contributed by atoms with van der Waals surface area (Å²) >= 11 is 0. The fraction of sp³-hybridized carbons (Fsp3) is 0.118. The van der Waals surface area contributed by atoms with Crippen molar-refractivity contribution in [2.45, 2.75) is 13.3 Å². The molecule has 0 saturated carbocycles. The lowest BCUT2D eigenvalue weighted by Gasteiger charge is -2.07. The average molecular weight is 234 g/mol. The predicted molar refractivity (Wildman–Crippen MR) is 74.4 cm³/mol. The third-order valence-electron chi connectivity index (χ3n) is 3.35. The maximum Gasteiger partial charge on any atom is 0.218 e. The van der Waals surface area contributed by atoms with Crippen LogP contribution in [-0.2, 0) is 6.42 Å². The van der Waals surface area contributed by atoms with Crippen LogP contribution in [0.3, 0.4) is 0 Å². The van der Waals surface area contributed by atoms with Crippen LogP contribution in [0.15, 0.2) is 67.0 Å². The van der Waals surface area contributed by atoms with Gasteiger partial charge in [0.2, 0.25) is 5.52 Å². The molecule has 18 heavy (non-hydrogen) atoms. The number of hydrogen-bond acceptors (Lipinski definition) is 0. The zero-order valence-electron chi connectivity index (χ0n) is 10.5. The van der Waals surface area contributed by atoms with E-state index >= 15 is 0 Å². The molecule has 88 valence electrons. The number of nitrogens with zero attached hydrogens (tertiary/aromatic N) is 1. The quantitative estimate of drug-likeness (QED) is 0.596. The molecule has 0 fully saturated rings. The van der Waals surface area contributed by atoms with Crippen LogP contribution >= 0.6 is 0 Å². The Bertz CT molecular complexity index is 672. The lowest BCUT2D eigenvalue weighted by atomic mass is 9.98. The van der Waals surface area contributed by atoms with Gasteiger partial charge in [0.25, 0.3) is 0 Å². The SMILES string of the molecule is CCc1cc[n+]2ccccc2c1-c1ccccc1. The van der Waals surface area contributed by atoms with E-state index in [1.165, 1.54) is 22.2 Å². The second-order valence-corrected chi connectivity index (χ2v) is 4.43. The lowest BCUT2D eigenvalue weighted by molar-refractivity contribution is -0.511. The Morgan fingerprint density at radius 2 is 1.61 bits per heavy atom. The molecule has 0 bridgehead atoms. The van der Waals surface area contributed by atoms with Crippen molar-refractivity contribution in [1.29, 1.82) is 0 Å². The van der Waals surface area contributed by atoms with E-state index in [9.17, 15) is 0 Å². The van der Waals surface area contributed by atoms with Crippen LogP contribution in [0, 0.1) is 0 Å². The van der Waals surface area contributed by atoms with Crippen LogP contribution in [0.4, 0.5) is 0 Å². The standard InChI is InChI=1S/C17H16N/c1-2-14-11-13-18-12-7-6-10-16(18)17(14)15-8-4-3-5-9-15/h3-13H,2H2,1H3/q+1. The lowest BCUT2D eigenvalue weighted by Crippen LogP contribution is -2.21. The van der Waals surface area contributed by atoms with Gasteiger partial charge in [-0.15, -0.1) is 0 Å². The van der Waals surface area contributed by atoms with Crippen LogP contribution < -0.4 is 4.40 Å². The molecule has 0 spiro atoms. The van der Waals surface area contributed by atoms with E-state index in [0.29, 0.717) is 0 Å². The van der Waals surface area contributed by atoms with Crippen molar-refractivity contribution in [2.75, 3.05) is 0 Å².